The van der Waals surface area contributed by atoms with E-state index in [2.05, 4.69) is 16.4 Å². The van der Waals surface area contributed by atoms with Gasteiger partial charge in [-0.05, 0) is 62.6 Å². The maximum absolute atomic E-state index is 11.8. The number of hydrogen-bond donors (Lipinski definition) is 0. The zero-order valence-corrected chi connectivity index (χ0v) is 12.2. The van der Waals surface area contributed by atoms with E-state index in [1.54, 1.807) is 16.8 Å². The SMILES string of the molecule is CN(C)Sc1ccc2c(c1)CCCN2C(=O)CCl. The van der Waals surface area contributed by atoms with E-state index >= 15 is 0 Å². The van der Waals surface area contributed by atoms with E-state index in [-0.39, 0.29) is 11.8 Å². The predicted octanol–water partition coefficient (Wildman–Crippen LogP) is 2.77. The molecule has 0 aromatic heterocycles. The molecule has 98 valence electrons. The smallest absolute Gasteiger partial charge is 0.241 e. The lowest BCUT2D eigenvalue weighted by molar-refractivity contribution is -0.116. The van der Waals surface area contributed by atoms with Crippen LogP contribution in [0.2, 0.25) is 0 Å². The third kappa shape index (κ3) is 2.99. The van der Waals surface area contributed by atoms with Crippen molar-refractivity contribution in [3.05, 3.63) is 23.8 Å². The molecule has 1 heterocycles. The summed E-state index contributed by atoms with van der Waals surface area (Å²) < 4.78 is 2.06. The molecule has 0 bridgehead atoms. The molecule has 0 saturated heterocycles. The highest BCUT2D eigenvalue weighted by Gasteiger charge is 2.21. The number of rotatable bonds is 3. The average Bonchev–Trinajstić information content (AvgIpc) is 2.36. The summed E-state index contributed by atoms with van der Waals surface area (Å²) in [7, 11) is 4.04. The van der Waals surface area contributed by atoms with Crippen molar-refractivity contribution in [2.75, 3.05) is 31.4 Å². The van der Waals surface area contributed by atoms with Gasteiger partial charge in [0.15, 0.2) is 0 Å². The number of aryl methyl sites for hydroxylation is 1. The molecule has 2 rings (SSSR count). The predicted molar refractivity (Wildman–Crippen MR) is 77.4 cm³/mol. The number of carbonyl (C=O) groups is 1. The van der Waals surface area contributed by atoms with Gasteiger partial charge in [0.25, 0.3) is 0 Å². The number of halogens is 1. The third-order valence-electron chi connectivity index (χ3n) is 2.87. The Morgan fingerprint density at radius 1 is 1.50 bits per heavy atom. The standard InChI is InChI=1S/C13H17ClN2OS/c1-15(2)18-11-5-6-12-10(8-11)4-3-7-16(12)13(17)9-14/h5-6,8H,3-4,7,9H2,1-2H3. The van der Waals surface area contributed by atoms with Crippen molar-refractivity contribution >= 4 is 35.1 Å². The van der Waals surface area contributed by atoms with Gasteiger partial charge in [-0.1, -0.05) is 0 Å². The number of alkyl halides is 1. The lowest BCUT2D eigenvalue weighted by atomic mass is 10.0. The minimum atomic E-state index is -0.00868. The first-order valence-electron chi connectivity index (χ1n) is 5.96. The fraction of sp³-hybridized carbons (Fsp3) is 0.462. The quantitative estimate of drug-likeness (QED) is 0.630. The molecule has 1 aromatic carbocycles. The molecule has 0 aliphatic carbocycles. The molecular weight excluding hydrogens is 268 g/mol. The maximum Gasteiger partial charge on any atom is 0.241 e. The summed E-state index contributed by atoms with van der Waals surface area (Å²) in [5.74, 6) is 0.0406. The number of carbonyl (C=O) groups excluding carboxylic acids is 1. The molecule has 5 heteroatoms. The van der Waals surface area contributed by atoms with Crippen molar-refractivity contribution in [1.82, 2.24) is 4.31 Å². The van der Waals surface area contributed by atoms with Crippen LogP contribution in [0.4, 0.5) is 5.69 Å². The molecule has 0 unspecified atom stereocenters. The van der Waals surface area contributed by atoms with Gasteiger partial charge < -0.3 is 4.90 Å². The van der Waals surface area contributed by atoms with Crippen molar-refractivity contribution in [1.29, 1.82) is 0 Å². The largest absolute Gasteiger partial charge is 0.311 e. The Hall–Kier alpha value is -0.710. The van der Waals surface area contributed by atoms with E-state index < -0.39 is 0 Å². The number of fused-ring (bicyclic) bond motifs is 1. The van der Waals surface area contributed by atoms with Gasteiger partial charge in [0.05, 0.1) is 0 Å². The molecule has 1 aliphatic heterocycles. The van der Waals surface area contributed by atoms with Gasteiger partial charge in [0.2, 0.25) is 5.91 Å². The Balaban J connectivity index is 2.27. The summed E-state index contributed by atoms with van der Waals surface area (Å²) in [6, 6.07) is 6.27. The normalized spacial score (nSPS) is 14.8. The van der Waals surface area contributed by atoms with Gasteiger partial charge in [-0.25, -0.2) is 0 Å². The van der Waals surface area contributed by atoms with Crippen LogP contribution in [0.5, 0.6) is 0 Å². The summed E-state index contributed by atoms with van der Waals surface area (Å²) in [5.41, 5.74) is 2.27. The molecular formula is C13H17ClN2OS. The summed E-state index contributed by atoms with van der Waals surface area (Å²) >= 11 is 7.34. The molecule has 0 spiro atoms. The fourth-order valence-electron chi connectivity index (χ4n) is 2.17. The molecule has 0 radical (unpaired) electrons. The van der Waals surface area contributed by atoms with Crippen LogP contribution in [0.25, 0.3) is 0 Å². The van der Waals surface area contributed by atoms with Crippen LogP contribution in [0.15, 0.2) is 23.1 Å². The first-order valence-corrected chi connectivity index (χ1v) is 7.27. The Kier molecular flexibility index (Phi) is 4.54. The second-order valence-electron chi connectivity index (χ2n) is 4.48. The Bertz CT molecular complexity index is 451. The van der Waals surface area contributed by atoms with E-state index in [4.69, 9.17) is 11.6 Å². The summed E-state index contributed by atoms with van der Waals surface area (Å²) in [5, 5.41) is 0. The van der Waals surface area contributed by atoms with Gasteiger partial charge in [-0.2, -0.15) is 0 Å². The number of amides is 1. The molecule has 0 saturated carbocycles. The second kappa shape index (κ2) is 5.95. The van der Waals surface area contributed by atoms with Crippen molar-refractivity contribution in [2.45, 2.75) is 17.7 Å². The maximum atomic E-state index is 11.8. The van der Waals surface area contributed by atoms with Crippen LogP contribution in [-0.4, -0.2) is 36.7 Å². The third-order valence-corrected chi connectivity index (χ3v) is 3.93. The Morgan fingerprint density at radius 3 is 2.94 bits per heavy atom. The molecule has 0 N–H and O–H groups in total. The second-order valence-corrected chi connectivity index (χ2v) is 6.13. The summed E-state index contributed by atoms with van der Waals surface area (Å²) in [4.78, 5) is 14.8. The zero-order valence-electron chi connectivity index (χ0n) is 10.6. The minimum absolute atomic E-state index is 0.00868. The molecule has 0 fully saturated rings. The van der Waals surface area contributed by atoms with Crippen LogP contribution in [-0.2, 0) is 11.2 Å². The van der Waals surface area contributed by atoms with Crippen LogP contribution in [0.3, 0.4) is 0 Å². The van der Waals surface area contributed by atoms with Gasteiger partial charge in [0, 0.05) is 17.1 Å². The lowest BCUT2D eigenvalue weighted by Crippen LogP contribution is -2.36. The highest BCUT2D eigenvalue weighted by Crippen LogP contribution is 2.31. The average molecular weight is 285 g/mol. The molecule has 1 aromatic rings. The molecule has 1 aliphatic rings. The molecule has 0 atom stereocenters. The summed E-state index contributed by atoms with van der Waals surface area (Å²) in [6.07, 6.45) is 2.04. The van der Waals surface area contributed by atoms with Crippen LogP contribution < -0.4 is 4.90 Å². The van der Waals surface area contributed by atoms with Crippen molar-refractivity contribution in [2.24, 2.45) is 0 Å². The molecule has 3 nitrogen and oxygen atoms in total. The first kappa shape index (κ1) is 13.7. The number of hydrogen-bond acceptors (Lipinski definition) is 3. The van der Waals surface area contributed by atoms with Crippen molar-refractivity contribution < 1.29 is 4.79 Å². The number of anilines is 1. The van der Waals surface area contributed by atoms with E-state index in [1.165, 1.54) is 10.5 Å². The van der Waals surface area contributed by atoms with E-state index in [9.17, 15) is 4.79 Å². The van der Waals surface area contributed by atoms with E-state index in [1.807, 2.05) is 20.2 Å². The Labute approximate surface area is 117 Å². The zero-order chi connectivity index (χ0) is 13.1. The van der Waals surface area contributed by atoms with Crippen LogP contribution in [0.1, 0.15) is 12.0 Å². The molecule has 18 heavy (non-hydrogen) atoms. The highest BCUT2D eigenvalue weighted by molar-refractivity contribution is 7.97. The van der Waals surface area contributed by atoms with Crippen molar-refractivity contribution in [3.63, 3.8) is 0 Å². The first-order chi connectivity index (χ1) is 8.61. The van der Waals surface area contributed by atoms with Gasteiger partial charge in [-0.3, -0.25) is 9.10 Å². The van der Waals surface area contributed by atoms with Gasteiger partial charge >= 0.3 is 0 Å². The molecule has 1 amide bonds. The van der Waals surface area contributed by atoms with Gasteiger partial charge in [0.1, 0.15) is 5.88 Å². The Morgan fingerprint density at radius 2 is 2.28 bits per heavy atom. The highest BCUT2D eigenvalue weighted by atomic mass is 35.5. The van der Waals surface area contributed by atoms with E-state index in [0.29, 0.717) is 0 Å². The van der Waals surface area contributed by atoms with Gasteiger partial charge in [-0.15, -0.1) is 11.6 Å². The van der Waals surface area contributed by atoms with Crippen LogP contribution >= 0.6 is 23.5 Å². The topological polar surface area (TPSA) is 23.6 Å². The number of benzene rings is 1. The van der Waals surface area contributed by atoms with Crippen LogP contribution in [0, 0.1) is 0 Å². The minimum Gasteiger partial charge on any atom is -0.311 e. The lowest BCUT2D eigenvalue weighted by Gasteiger charge is -2.29. The fourth-order valence-corrected chi connectivity index (χ4v) is 3.06. The number of nitrogens with zero attached hydrogens (tertiary/aromatic N) is 2. The van der Waals surface area contributed by atoms with Crippen molar-refractivity contribution in [3.8, 4) is 0 Å². The van der Waals surface area contributed by atoms with E-state index in [0.717, 1.165) is 25.1 Å². The summed E-state index contributed by atoms with van der Waals surface area (Å²) in [6.45, 7) is 0.777. The monoisotopic (exact) mass is 284 g/mol.